The summed E-state index contributed by atoms with van der Waals surface area (Å²) in [5.74, 6) is 0. The van der Waals surface area contributed by atoms with Crippen molar-refractivity contribution in [2.24, 2.45) is 0 Å². The van der Waals surface area contributed by atoms with Crippen molar-refractivity contribution in [3.63, 3.8) is 0 Å². The molecule has 0 radical (unpaired) electrons. The molecule has 0 heterocycles. The van der Waals surface area contributed by atoms with E-state index in [-0.39, 0.29) is 0 Å². The zero-order valence-electron chi connectivity index (χ0n) is 14.1. The van der Waals surface area contributed by atoms with Crippen LogP contribution in [0.25, 0.3) is 10.8 Å². The maximum Gasteiger partial charge on any atom is 0.239 e. The quantitative estimate of drug-likeness (QED) is 0.453. The normalized spacial score (nSPS) is 14.0. The lowest BCUT2D eigenvalue weighted by molar-refractivity contribution is -0.531. The summed E-state index contributed by atoms with van der Waals surface area (Å²) in [6.07, 6.45) is -1.93. The molecule has 0 aliphatic rings. The summed E-state index contributed by atoms with van der Waals surface area (Å²) in [5.41, 5.74) is 1.11. The third-order valence-corrected chi connectivity index (χ3v) is 3.98. The highest BCUT2D eigenvalue weighted by molar-refractivity contribution is 5.87. The summed E-state index contributed by atoms with van der Waals surface area (Å²) in [5, 5.41) is 23.4. The van der Waals surface area contributed by atoms with Crippen LogP contribution in [0.1, 0.15) is 44.3 Å². The Hall–Kier alpha value is -2.02. The van der Waals surface area contributed by atoms with Gasteiger partial charge in [0, 0.05) is 30.6 Å². The number of ether oxygens (including phenoxy) is 2. The van der Waals surface area contributed by atoms with Gasteiger partial charge in [0.15, 0.2) is 6.29 Å². The van der Waals surface area contributed by atoms with Crippen LogP contribution in [0.3, 0.4) is 0 Å². The topological polar surface area (TPSA) is 81.8 Å². The molecular weight excluding hydrogens is 310 g/mol. The van der Waals surface area contributed by atoms with E-state index in [2.05, 4.69) is 0 Å². The first-order valence-corrected chi connectivity index (χ1v) is 8.07. The summed E-state index contributed by atoms with van der Waals surface area (Å²) < 4.78 is 11.4. The van der Waals surface area contributed by atoms with Gasteiger partial charge in [0.1, 0.15) is 6.10 Å². The molecule has 2 aromatic carbocycles. The average molecular weight is 333 g/mol. The van der Waals surface area contributed by atoms with Crippen LogP contribution in [0.5, 0.6) is 0 Å². The lowest BCUT2D eigenvalue weighted by atomic mass is 9.92. The maximum atomic E-state index is 11.1. The molecule has 6 heteroatoms. The number of hydrogen-bond acceptors (Lipinski definition) is 5. The third-order valence-electron chi connectivity index (χ3n) is 3.98. The highest BCUT2D eigenvalue weighted by Gasteiger charge is 2.31. The minimum absolute atomic E-state index is 0.425. The van der Waals surface area contributed by atoms with Crippen molar-refractivity contribution in [2.75, 3.05) is 13.2 Å². The second-order valence-electron chi connectivity index (χ2n) is 5.50. The van der Waals surface area contributed by atoms with Gasteiger partial charge >= 0.3 is 0 Å². The molecular formula is C18H23NO5. The van der Waals surface area contributed by atoms with Crippen LogP contribution in [0.15, 0.2) is 36.4 Å². The first-order valence-electron chi connectivity index (χ1n) is 8.07. The minimum atomic E-state index is -1.25. The minimum Gasteiger partial charge on any atom is -0.381 e. The molecule has 0 spiro atoms. The standard InChI is InChI=1S/C18H23NO5/c1-4-23-18(24-5-2)16-14-9-7-6-8-13(14)10-11-15(16)17(20)12(3)19(21)22/h6-12,17-18,20H,4-5H2,1-3H3. The van der Waals surface area contributed by atoms with E-state index in [0.717, 1.165) is 10.8 Å². The summed E-state index contributed by atoms with van der Waals surface area (Å²) in [6, 6.07) is 10.1. The van der Waals surface area contributed by atoms with Gasteiger partial charge in [0.25, 0.3) is 0 Å². The fraction of sp³-hybridized carbons (Fsp3) is 0.444. The van der Waals surface area contributed by atoms with Gasteiger partial charge in [-0.15, -0.1) is 0 Å². The number of fused-ring (bicyclic) bond motifs is 1. The van der Waals surface area contributed by atoms with Crippen LogP contribution >= 0.6 is 0 Å². The molecule has 24 heavy (non-hydrogen) atoms. The molecule has 0 saturated carbocycles. The molecule has 0 aliphatic heterocycles. The van der Waals surface area contributed by atoms with Crippen molar-refractivity contribution in [2.45, 2.75) is 39.2 Å². The van der Waals surface area contributed by atoms with Crippen LogP contribution in [0.2, 0.25) is 0 Å². The summed E-state index contributed by atoms with van der Waals surface area (Å²) in [6.45, 7) is 5.95. The number of benzene rings is 2. The molecule has 0 aliphatic carbocycles. The maximum absolute atomic E-state index is 11.1. The fourth-order valence-corrected chi connectivity index (χ4v) is 2.73. The Balaban J connectivity index is 2.65. The van der Waals surface area contributed by atoms with E-state index in [9.17, 15) is 15.2 Å². The van der Waals surface area contributed by atoms with E-state index >= 15 is 0 Å². The molecule has 0 aromatic heterocycles. The van der Waals surface area contributed by atoms with Crippen molar-refractivity contribution < 1.29 is 19.5 Å². The highest BCUT2D eigenvalue weighted by atomic mass is 16.7. The summed E-state index contributed by atoms with van der Waals surface area (Å²) >= 11 is 0. The smallest absolute Gasteiger partial charge is 0.239 e. The van der Waals surface area contributed by atoms with Gasteiger partial charge < -0.3 is 14.6 Å². The number of hydrogen-bond donors (Lipinski definition) is 1. The Labute approximate surface area is 141 Å². The molecule has 0 saturated heterocycles. The Kier molecular flexibility index (Phi) is 6.25. The monoisotopic (exact) mass is 333 g/mol. The molecule has 2 atom stereocenters. The molecule has 1 N–H and O–H groups in total. The Morgan fingerprint density at radius 3 is 2.33 bits per heavy atom. The number of nitrogens with zero attached hydrogens (tertiary/aromatic N) is 1. The van der Waals surface area contributed by atoms with Crippen LogP contribution < -0.4 is 0 Å². The Bertz CT molecular complexity index is 697. The lowest BCUT2D eigenvalue weighted by Crippen LogP contribution is -2.26. The SMILES string of the molecule is CCOC(OCC)c1c(C(O)C(C)[N+](=O)[O-])ccc2ccccc12. The highest BCUT2D eigenvalue weighted by Crippen LogP contribution is 2.35. The molecule has 6 nitrogen and oxygen atoms in total. The van der Waals surface area contributed by atoms with E-state index in [4.69, 9.17) is 9.47 Å². The molecule has 0 bridgehead atoms. The Morgan fingerprint density at radius 1 is 1.12 bits per heavy atom. The third kappa shape index (κ3) is 3.72. The molecule has 2 aromatic rings. The fourth-order valence-electron chi connectivity index (χ4n) is 2.73. The summed E-state index contributed by atoms with van der Waals surface area (Å²) in [7, 11) is 0. The number of nitro groups is 1. The second kappa shape index (κ2) is 8.19. The molecule has 2 rings (SSSR count). The Morgan fingerprint density at radius 2 is 1.75 bits per heavy atom. The van der Waals surface area contributed by atoms with Gasteiger partial charge in [0.2, 0.25) is 6.04 Å². The lowest BCUT2D eigenvalue weighted by Gasteiger charge is -2.25. The second-order valence-corrected chi connectivity index (χ2v) is 5.50. The van der Waals surface area contributed by atoms with Gasteiger partial charge in [-0.25, -0.2) is 0 Å². The first kappa shape index (κ1) is 18.3. The molecule has 0 fully saturated rings. The zero-order valence-corrected chi connectivity index (χ0v) is 14.1. The zero-order chi connectivity index (χ0) is 17.7. The van der Waals surface area contributed by atoms with E-state index in [1.807, 2.05) is 44.2 Å². The van der Waals surface area contributed by atoms with Gasteiger partial charge in [0.05, 0.1) is 0 Å². The number of aliphatic hydroxyl groups is 1. The largest absolute Gasteiger partial charge is 0.381 e. The van der Waals surface area contributed by atoms with Crippen LogP contribution in [0.4, 0.5) is 0 Å². The van der Waals surface area contributed by atoms with Crippen LogP contribution in [0, 0.1) is 10.1 Å². The van der Waals surface area contributed by atoms with Gasteiger partial charge in [-0.05, 0) is 30.2 Å². The average Bonchev–Trinajstić information content (AvgIpc) is 2.59. The van der Waals surface area contributed by atoms with Crippen molar-refractivity contribution in [3.8, 4) is 0 Å². The van der Waals surface area contributed by atoms with E-state index < -0.39 is 23.4 Å². The number of rotatable bonds is 8. The van der Waals surface area contributed by atoms with E-state index in [0.29, 0.717) is 24.3 Å². The predicted octanol–water partition coefficient (Wildman–Crippen LogP) is 3.61. The van der Waals surface area contributed by atoms with Gasteiger partial charge in [-0.1, -0.05) is 36.4 Å². The van der Waals surface area contributed by atoms with Crippen LogP contribution in [-0.2, 0) is 9.47 Å². The molecule has 0 amide bonds. The van der Waals surface area contributed by atoms with Crippen molar-refractivity contribution in [1.29, 1.82) is 0 Å². The number of aliphatic hydroxyl groups excluding tert-OH is 1. The molecule has 2 unspecified atom stereocenters. The van der Waals surface area contributed by atoms with Crippen LogP contribution in [-0.4, -0.2) is 29.3 Å². The summed E-state index contributed by atoms with van der Waals surface area (Å²) in [4.78, 5) is 10.6. The first-order chi connectivity index (χ1) is 11.5. The van der Waals surface area contributed by atoms with E-state index in [1.165, 1.54) is 6.92 Å². The van der Waals surface area contributed by atoms with Crippen molar-refractivity contribution in [3.05, 3.63) is 57.6 Å². The van der Waals surface area contributed by atoms with Gasteiger partial charge in [-0.3, -0.25) is 10.1 Å². The predicted molar refractivity (Wildman–Crippen MR) is 91.4 cm³/mol. The molecule has 130 valence electrons. The van der Waals surface area contributed by atoms with E-state index in [1.54, 1.807) is 6.07 Å². The van der Waals surface area contributed by atoms with Gasteiger partial charge in [-0.2, -0.15) is 0 Å². The van der Waals surface area contributed by atoms with Crippen molar-refractivity contribution in [1.82, 2.24) is 0 Å². The van der Waals surface area contributed by atoms with Crippen molar-refractivity contribution >= 4 is 10.8 Å².